The molecule has 5 rings (SSSR count). The van der Waals surface area contributed by atoms with Crippen molar-refractivity contribution in [1.29, 1.82) is 0 Å². The molecule has 1 aliphatic rings. The van der Waals surface area contributed by atoms with Gasteiger partial charge in [-0.25, -0.2) is 13.5 Å². The van der Waals surface area contributed by atoms with Crippen molar-refractivity contribution in [3.05, 3.63) is 47.1 Å². The van der Waals surface area contributed by atoms with Crippen LogP contribution in [0.15, 0.2) is 36.5 Å². The van der Waals surface area contributed by atoms with E-state index in [0.29, 0.717) is 28.0 Å². The summed E-state index contributed by atoms with van der Waals surface area (Å²) < 4.78 is 34.7. The summed E-state index contributed by atoms with van der Waals surface area (Å²) in [5.41, 5.74) is 2.15. The van der Waals surface area contributed by atoms with Gasteiger partial charge in [-0.15, -0.1) is 5.10 Å². The van der Waals surface area contributed by atoms with Gasteiger partial charge in [0.1, 0.15) is 11.8 Å². The Morgan fingerprint density at radius 2 is 2.14 bits per heavy atom. The summed E-state index contributed by atoms with van der Waals surface area (Å²) in [7, 11) is 3.12. The molecule has 1 amide bonds. The molecule has 0 spiro atoms. The van der Waals surface area contributed by atoms with Gasteiger partial charge in [0.2, 0.25) is 5.95 Å². The van der Waals surface area contributed by atoms with E-state index in [0.717, 1.165) is 10.9 Å². The first-order valence-electron chi connectivity index (χ1n) is 10.6. The van der Waals surface area contributed by atoms with E-state index < -0.39 is 24.4 Å². The molecular formula is C22H21ClF2N8O2. The van der Waals surface area contributed by atoms with Gasteiger partial charge in [-0.2, -0.15) is 10.1 Å². The zero-order valence-electron chi connectivity index (χ0n) is 18.7. The standard InChI is InChI=1S/C22H21ClF2N8O2/c1-33-21(28-15-6-5-14-13(18(15)23)8-27-31-14)30-19(32-33)11-3-4-12(16(7-11)35-2)20(34)29-17-9-26-10-22(17,24)25/h3-8,17,26H,9-10H2,1-2H3,(H,27,31)(H,29,34)(H,28,30,32). The lowest BCUT2D eigenvalue weighted by Gasteiger charge is -2.20. The summed E-state index contributed by atoms with van der Waals surface area (Å²) in [6.07, 6.45) is 1.64. The van der Waals surface area contributed by atoms with Crippen molar-refractivity contribution in [3.63, 3.8) is 0 Å². The number of hydrogen-bond acceptors (Lipinski definition) is 7. The largest absolute Gasteiger partial charge is 0.496 e. The Kier molecular flexibility index (Phi) is 5.77. The third kappa shape index (κ3) is 4.26. The van der Waals surface area contributed by atoms with Gasteiger partial charge in [0, 0.05) is 24.5 Å². The van der Waals surface area contributed by atoms with Gasteiger partial charge in [0.05, 0.1) is 41.6 Å². The highest BCUT2D eigenvalue weighted by Gasteiger charge is 2.45. The molecule has 10 nitrogen and oxygen atoms in total. The molecule has 4 aromatic rings. The Balaban J connectivity index is 1.39. The second kappa shape index (κ2) is 8.78. The average Bonchev–Trinajstić information content (AvgIpc) is 3.54. The molecule has 1 unspecified atom stereocenters. The Morgan fingerprint density at radius 1 is 1.31 bits per heavy atom. The van der Waals surface area contributed by atoms with E-state index in [1.165, 1.54) is 13.2 Å². The first kappa shape index (κ1) is 23.0. The van der Waals surface area contributed by atoms with Crippen LogP contribution in [0, 0.1) is 0 Å². The monoisotopic (exact) mass is 502 g/mol. The number of anilines is 2. The van der Waals surface area contributed by atoms with Crippen LogP contribution in [0.4, 0.5) is 20.4 Å². The Hall–Kier alpha value is -3.77. The minimum Gasteiger partial charge on any atom is -0.496 e. The molecule has 2 aromatic carbocycles. The van der Waals surface area contributed by atoms with E-state index in [-0.39, 0.29) is 17.9 Å². The van der Waals surface area contributed by atoms with E-state index in [9.17, 15) is 13.6 Å². The smallest absolute Gasteiger partial charge is 0.281 e. The van der Waals surface area contributed by atoms with Gasteiger partial charge >= 0.3 is 0 Å². The van der Waals surface area contributed by atoms with E-state index in [1.807, 2.05) is 6.07 Å². The summed E-state index contributed by atoms with van der Waals surface area (Å²) in [5, 5.41) is 20.7. The lowest BCUT2D eigenvalue weighted by Crippen LogP contribution is -2.46. The Bertz CT molecular complexity index is 1420. The number of nitrogens with zero attached hydrogens (tertiary/aromatic N) is 4. The molecule has 1 saturated heterocycles. The van der Waals surface area contributed by atoms with Crippen molar-refractivity contribution in [2.24, 2.45) is 7.05 Å². The van der Waals surface area contributed by atoms with E-state index in [4.69, 9.17) is 16.3 Å². The molecule has 1 aliphatic heterocycles. The van der Waals surface area contributed by atoms with Crippen molar-refractivity contribution in [3.8, 4) is 17.1 Å². The molecule has 0 saturated carbocycles. The summed E-state index contributed by atoms with van der Waals surface area (Å²) >= 11 is 6.49. The fraction of sp³-hybridized carbons (Fsp3) is 0.273. The van der Waals surface area contributed by atoms with Crippen molar-refractivity contribution in [2.75, 3.05) is 25.5 Å². The number of ether oxygens (including phenoxy) is 1. The Labute approximate surface area is 203 Å². The number of rotatable bonds is 6. The van der Waals surface area contributed by atoms with Crippen LogP contribution in [-0.4, -0.2) is 63.0 Å². The number of halogens is 3. The van der Waals surface area contributed by atoms with Crippen molar-refractivity contribution < 1.29 is 18.3 Å². The molecule has 182 valence electrons. The number of aromatic nitrogens is 5. The fourth-order valence-corrected chi connectivity index (χ4v) is 4.14. The van der Waals surface area contributed by atoms with Crippen LogP contribution < -0.4 is 20.7 Å². The number of nitrogens with one attached hydrogen (secondary N) is 4. The molecule has 0 radical (unpaired) electrons. The summed E-state index contributed by atoms with van der Waals surface area (Å²) in [5.74, 6) is -2.66. The predicted molar refractivity (Wildman–Crippen MR) is 126 cm³/mol. The minimum atomic E-state index is -3.02. The maximum atomic E-state index is 13.9. The molecule has 3 heterocycles. The highest BCUT2D eigenvalue weighted by atomic mass is 35.5. The number of aromatic amines is 1. The minimum absolute atomic E-state index is 0.00960. The van der Waals surface area contributed by atoms with Crippen LogP contribution >= 0.6 is 11.6 Å². The van der Waals surface area contributed by atoms with Gasteiger partial charge < -0.3 is 20.7 Å². The van der Waals surface area contributed by atoms with E-state index in [2.05, 4.69) is 36.2 Å². The number of fused-ring (bicyclic) bond motifs is 1. The number of alkyl halides is 2. The molecule has 13 heteroatoms. The third-order valence-corrected chi connectivity index (χ3v) is 6.20. The molecule has 0 aliphatic carbocycles. The normalized spacial score (nSPS) is 17.0. The van der Waals surface area contributed by atoms with Crippen molar-refractivity contribution >= 4 is 40.0 Å². The first-order valence-corrected chi connectivity index (χ1v) is 11.0. The van der Waals surface area contributed by atoms with Gasteiger partial charge in [-0.1, -0.05) is 17.7 Å². The van der Waals surface area contributed by atoms with E-state index >= 15 is 0 Å². The zero-order valence-corrected chi connectivity index (χ0v) is 19.5. The number of carbonyl (C=O) groups excluding carboxylic acids is 1. The van der Waals surface area contributed by atoms with Gasteiger partial charge in [0.15, 0.2) is 5.82 Å². The first-order chi connectivity index (χ1) is 16.8. The van der Waals surface area contributed by atoms with Gasteiger partial charge in [-0.3, -0.25) is 9.89 Å². The number of H-pyrrole nitrogens is 1. The molecule has 1 fully saturated rings. The van der Waals surface area contributed by atoms with Crippen LogP contribution in [0.5, 0.6) is 5.75 Å². The quantitative estimate of drug-likeness (QED) is 0.319. The number of methoxy groups -OCH3 is 1. The second-order valence-corrected chi connectivity index (χ2v) is 8.48. The lowest BCUT2D eigenvalue weighted by molar-refractivity contribution is -0.00250. The third-order valence-electron chi connectivity index (χ3n) is 5.80. The number of amides is 1. The lowest BCUT2D eigenvalue weighted by atomic mass is 10.1. The fourth-order valence-electron chi connectivity index (χ4n) is 3.88. The Morgan fingerprint density at radius 3 is 2.89 bits per heavy atom. The van der Waals surface area contributed by atoms with Gasteiger partial charge in [-0.05, 0) is 24.3 Å². The number of benzene rings is 2. The van der Waals surface area contributed by atoms with Crippen LogP contribution in [0.2, 0.25) is 5.02 Å². The SMILES string of the molecule is COc1cc(-c2nc(Nc3ccc4[nH]ncc4c3Cl)n(C)n2)ccc1C(=O)NC1CNCC1(F)F. The van der Waals surface area contributed by atoms with Crippen LogP contribution in [0.1, 0.15) is 10.4 Å². The van der Waals surface area contributed by atoms with Crippen molar-refractivity contribution in [2.45, 2.75) is 12.0 Å². The second-order valence-electron chi connectivity index (χ2n) is 8.10. The van der Waals surface area contributed by atoms with Crippen LogP contribution in [0.3, 0.4) is 0 Å². The molecule has 2 aromatic heterocycles. The predicted octanol–water partition coefficient (Wildman–Crippen LogP) is 3.10. The highest BCUT2D eigenvalue weighted by Crippen LogP contribution is 2.33. The molecule has 0 bridgehead atoms. The molecular weight excluding hydrogens is 482 g/mol. The zero-order chi connectivity index (χ0) is 24.7. The number of carbonyl (C=O) groups is 1. The van der Waals surface area contributed by atoms with Crippen LogP contribution in [0.25, 0.3) is 22.3 Å². The maximum absolute atomic E-state index is 13.9. The van der Waals surface area contributed by atoms with Gasteiger partial charge in [0.25, 0.3) is 11.8 Å². The molecule has 4 N–H and O–H groups in total. The maximum Gasteiger partial charge on any atom is 0.281 e. The number of aryl methyl sites for hydroxylation is 1. The van der Waals surface area contributed by atoms with E-state index in [1.54, 1.807) is 36.1 Å². The van der Waals surface area contributed by atoms with Crippen molar-refractivity contribution in [1.82, 2.24) is 35.6 Å². The summed E-state index contributed by atoms with van der Waals surface area (Å²) in [6.45, 7) is -0.485. The summed E-state index contributed by atoms with van der Waals surface area (Å²) in [6, 6.07) is 7.07. The van der Waals surface area contributed by atoms with Crippen LogP contribution in [-0.2, 0) is 7.05 Å². The topological polar surface area (TPSA) is 122 Å². The average molecular weight is 503 g/mol. The molecule has 1 atom stereocenters. The highest BCUT2D eigenvalue weighted by molar-refractivity contribution is 6.38. The molecule has 35 heavy (non-hydrogen) atoms. The number of hydrogen-bond donors (Lipinski definition) is 4. The summed E-state index contributed by atoms with van der Waals surface area (Å²) in [4.78, 5) is 17.2.